The summed E-state index contributed by atoms with van der Waals surface area (Å²) in [7, 11) is 0. The number of esters is 2. The first-order valence-corrected chi connectivity index (χ1v) is 12.6. The summed E-state index contributed by atoms with van der Waals surface area (Å²) in [5.74, 6) is 0.803. The van der Waals surface area contributed by atoms with Crippen molar-refractivity contribution in [2.24, 2.45) is 11.5 Å². The molecule has 0 aliphatic rings. The van der Waals surface area contributed by atoms with E-state index in [1.807, 2.05) is 26.4 Å². The fourth-order valence-electron chi connectivity index (χ4n) is 2.05. The van der Waals surface area contributed by atoms with E-state index in [-0.39, 0.29) is 25.4 Å². The zero-order valence-corrected chi connectivity index (χ0v) is 19.9. The molecule has 0 aliphatic carbocycles. The van der Waals surface area contributed by atoms with Crippen molar-refractivity contribution in [3.8, 4) is 0 Å². The summed E-state index contributed by atoms with van der Waals surface area (Å²) >= 11 is 3.27. The molecule has 0 aromatic heterocycles. The van der Waals surface area contributed by atoms with Crippen LogP contribution in [0.15, 0.2) is 0 Å². The molecule has 5 atom stereocenters. The zero-order chi connectivity index (χ0) is 22.2. The summed E-state index contributed by atoms with van der Waals surface area (Å²) < 4.78 is 21.7. The van der Waals surface area contributed by atoms with Gasteiger partial charge in [0.15, 0.2) is 0 Å². The van der Waals surface area contributed by atoms with Crippen LogP contribution in [-0.4, -0.2) is 86.2 Å². The quantitative estimate of drug-likeness (QED) is 0.312. The number of hydrogen-bond acceptors (Lipinski definition) is 10. The third-order valence-electron chi connectivity index (χ3n) is 3.88. The van der Waals surface area contributed by atoms with Gasteiger partial charge < -0.3 is 30.4 Å². The number of rotatable bonds is 17. The fraction of sp³-hybridized carbons (Fsp3) is 0.895. The average Bonchev–Trinajstić information content (AvgIpc) is 2.70. The maximum Gasteiger partial charge on any atom is 0.323 e. The SMILES string of the molecule is CSCC[C@H](N)C(=O)OCC(C)OCC(C)OCC(C)OC(=O)[C@@H](N)CCSC. The topological polar surface area (TPSA) is 123 Å². The van der Waals surface area contributed by atoms with Gasteiger partial charge in [0.1, 0.15) is 24.8 Å². The predicted molar refractivity (Wildman–Crippen MR) is 119 cm³/mol. The smallest absolute Gasteiger partial charge is 0.323 e. The maximum absolute atomic E-state index is 11.9. The second kappa shape index (κ2) is 17.2. The summed E-state index contributed by atoms with van der Waals surface area (Å²) in [5.41, 5.74) is 11.6. The highest BCUT2D eigenvalue weighted by atomic mass is 32.2. The van der Waals surface area contributed by atoms with E-state index in [1.165, 1.54) is 0 Å². The lowest BCUT2D eigenvalue weighted by Crippen LogP contribution is -2.36. The van der Waals surface area contributed by atoms with Crippen LogP contribution in [0.2, 0.25) is 0 Å². The largest absolute Gasteiger partial charge is 0.462 e. The van der Waals surface area contributed by atoms with Gasteiger partial charge in [0.25, 0.3) is 0 Å². The van der Waals surface area contributed by atoms with Gasteiger partial charge in [-0.25, -0.2) is 0 Å². The molecule has 0 radical (unpaired) electrons. The van der Waals surface area contributed by atoms with Crippen molar-refractivity contribution in [3.63, 3.8) is 0 Å². The third-order valence-corrected chi connectivity index (χ3v) is 5.17. The molecule has 0 fully saturated rings. The molecule has 0 spiro atoms. The Hall–Kier alpha value is -0.520. The molecule has 0 saturated carbocycles. The van der Waals surface area contributed by atoms with E-state index in [0.29, 0.717) is 19.4 Å². The first kappa shape index (κ1) is 28.5. The molecular formula is C19H38N2O6S2. The number of thioether (sulfide) groups is 2. The third kappa shape index (κ3) is 15.0. The van der Waals surface area contributed by atoms with Gasteiger partial charge in [-0.1, -0.05) is 0 Å². The van der Waals surface area contributed by atoms with Gasteiger partial charge >= 0.3 is 11.9 Å². The Balaban J connectivity index is 3.95. The van der Waals surface area contributed by atoms with E-state index in [2.05, 4.69) is 0 Å². The first-order chi connectivity index (χ1) is 13.7. The second-order valence-electron chi connectivity index (χ2n) is 6.94. The average molecular weight is 455 g/mol. The number of ether oxygens (including phenoxy) is 4. The summed E-state index contributed by atoms with van der Waals surface area (Å²) in [6.45, 7) is 6.14. The van der Waals surface area contributed by atoms with Crippen molar-refractivity contribution in [1.82, 2.24) is 0 Å². The monoisotopic (exact) mass is 454 g/mol. The van der Waals surface area contributed by atoms with Crippen LogP contribution in [0, 0.1) is 0 Å². The molecule has 10 heteroatoms. The van der Waals surface area contributed by atoms with Crippen molar-refractivity contribution in [1.29, 1.82) is 0 Å². The second-order valence-corrected chi connectivity index (χ2v) is 8.91. The number of hydrogen-bond donors (Lipinski definition) is 2. The molecule has 0 amide bonds. The molecule has 0 aromatic carbocycles. The van der Waals surface area contributed by atoms with E-state index in [9.17, 15) is 9.59 Å². The van der Waals surface area contributed by atoms with Crippen molar-refractivity contribution in [2.75, 3.05) is 43.8 Å². The Morgan fingerprint density at radius 2 is 1.21 bits per heavy atom. The highest BCUT2D eigenvalue weighted by Crippen LogP contribution is 2.05. The summed E-state index contributed by atoms with van der Waals surface area (Å²) in [6, 6.07) is -1.21. The lowest BCUT2D eigenvalue weighted by molar-refractivity contribution is -0.156. The normalized spacial score (nSPS) is 16.5. The molecule has 8 nitrogen and oxygen atoms in total. The van der Waals surface area contributed by atoms with Gasteiger partial charge in [0, 0.05) is 0 Å². The van der Waals surface area contributed by atoms with Crippen LogP contribution in [0.4, 0.5) is 0 Å². The predicted octanol–water partition coefficient (Wildman–Crippen LogP) is 1.43. The molecule has 0 aliphatic heterocycles. The van der Waals surface area contributed by atoms with Gasteiger partial charge in [-0.2, -0.15) is 23.5 Å². The van der Waals surface area contributed by atoms with Crippen LogP contribution < -0.4 is 11.5 Å². The van der Waals surface area contributed by atoms with E-state index >= 15 is 0 Å². The van der Waals surface area contributed by atoms with E-state index in [4.69, 9.17) is 30.4 Å². The van der Waals surface area contributed by atoms with Crippen LogP contribution in [0.5, 0.6) is 0 Å². The lowest BCUT2D eigenvalue weighted by Gasteiger charge is -2.21. The molecule has 0 heterocycles. The van der Waals surface area contributed by atoms with Gasteiger partial charge in [0.2, 0.25) is 0 Å². The summed E-state index contributed by atoms with van der Waals surface area (Å²) in [4.78, 5) is 23.6. The minimum absolute atomic E-state index is 0.139. The maximum atomic E-state index is 11.9. The molecule has 0 bridgehead atoms. The Labute approximate surface area is 183 Å². The number of nitrogens with two attached hydrogens (primary N) is 2. The summed E-state index contributed by atoms with van der Waals surface area (Å²) in [5, 5.41) is 0. The number of carbonyl (C=O) groups excluding carboxylic acids is 2. The minimum Gasteiger partial charge on any atom is -0.462 e. The number of carbonyl (C=O) groups is 2. The van der Waals surface area contributed by atoms with Crippen LogP contribution in [-0.2, 0) is 28.5 Å². The lowest BCUT2D eigenvalue weighted by atomic mass is 10.2. The van der Waals surface area contributed by atoms with Crippen molar-refractivity contribution >= 4 is 35.5 Å². The van der Waals surface area contributed by atoms with Crippen molar-refractivity contribution in [2.45, 2.75) is 64.0 Å². The van der Waals surface area contributed by atoms with Crippen molar-refractivity contribution in [3.05, 3.63) is 0 Å². The van der Waals surface area contributed by atoms with Gasteiger partial charge in [-0.05, 0) is 57.6 Å². The Kier molecular flexibility index (Phi) is 16.9. The zero-order valence-electron chi connectivity index (χ0n) is 18.3. The van der Waals surface area contributed by atoms with E-state index in [0.717, 1.165) is 11.5 Å². The van der Waals surface area contributed by atoms with Gasteiger partial charge in [-0.15, -0.1) is 0 Å². The molecule has 0 saturated heterocycles. The highest BCUT2D eigenvalue weighted by molar-refractivity contribution is 7.98. The molecule has 172 valence electrons. The molecule has 0 rings (SSSR count). The first-order valence-electron chi connectivity index (χ1n) is 9.80. The van der Waals surface area contributed by atoms with E-state index in [1.54, 1.807) is 30.4 Å². The molecule has 29 heavy (non-hydrogen) atoms. The Bertz CT molecular complexity index is 458. The Morgan fingerprint density at radius 3 is 1.72 bits per heavy atom. The minimum atomic E-state index is -0.608. The van der Waals surface area contributed by atoms with Crippen molar-refractivity contribution < 1.29 is 28.5 Å². The molecule has 4 N–H and O–H groups in total. The standard InChI is InChI=1S/C19H38N2O6S2/c1-13(25-12-15(3)27-19(23)17(21)7-9-29-5)10-24-14(2)11-26-18(22)16(20)6-8-28-4/h13-17H,6-12,20-21H2,1-5H3/t13?,14?,15?,16-,17-/m0/s1. The van der Waals surface area contributed by atoms with E-state index < -0.39 is 30.1 Å². The van der Waals surface area contributed by atoms with Crippen LogP contribution >= 0.6 is 23.5 Å². The molecular weight excluding hydrogens is 416 g/mol. The van der Waals surface area contributed by atoms with Gasteiger partial charge in [-0.3, -0.25) is 9.59 Å². The van der Waals surface area contributed by atoms with Gasteiger partial charge in [0.05, 0.1) is 25.4 Å². The fourth-order valence-corrected chi connectivity index (χ4v) is 3.03. The molecule has 3 unspecified atom stereocenters. The van der Waals surface area contributed by atoms with Crippen LogP contribution in [0.3, 0.4) is 0 Å². The highest BCUT2D eigenvalue weighted by Gasteiger charge is 2.19. The van der Waals surface area contributed by atoms with Crippen LogP contribution in [0.25, 0.3) is 0 Å². The van der Waals surface area contributed by atoms with Crippen LogP contribution in [0.1, 0.15) is 33.6 Å². The molecule has 0 aromatic rings. The Morgan fingerprint density at radius 1 is 0.759 bits per heavy atom. The summed E-state index contributed by atoms with van der Waals surface area (Å²) in [6.07, 6.45) is 4.22.